The highest BCUT2D eigenvalue weighted by atomic mass is 16.3. The van der Waals surface area contributed by atoms with Gasteiger partial charge < -0.3 is 5.11 Å². The molecule has 2 aliphatic carbocycles. The van der Waals surface area contributed by atoms with Gasteiger partial charge in [-0.3, -0.25) is 14.4 Å². The molecule has 4 heteroatoms. The first-order valence-corrected chi connectivity index (χ1v) is 16.3. The van der Waals surface area contributed by atoms with Gasteiger partial charge in [0.25, 0.3) is 0 Å². The van der Waals surface area contributed by atoms with E-state index in [0.717, 1.165) is 24.8 Å². The highest BCUT2D eigenvalue weighted by Gasteiger charge is 2.76. The Balaban J connectivity index is 2.35. The van der Waals surface area contributed by atoms with Crippen LogP contribution in [-0.2, 0) is 9.59 Å². The molecule has 3 rings (SSSR count). The van der Waals surface area contributed by atoms with Gasteiger partial charge in [-0.05, 0) is 103 Å². The maximum atomic E-state index is 14.9. The van der Waals surface area contributed by atoms with E-state index >= 15 is 0 Å². The van der Waals surface area contributed by atoms with Crippen LogP contribution in [0.3, 0.4) is 0 Å². The topological polar surface area (TPSA) is 71.4 Å². The number of carbonyl (C=O) groups is 3. The van der Waals surface area contributed by atoms with Crippen molar-refractivity contribution >= 4 is 17.3 Å². The third kappa shape index (κ3) is 6.32. The number of Topliss-reactive ketones (excluding diaryl/α,β-unsaturated/α-hetero) is 3. The minimum Gasteiger partial charge on any atom is -0.391 e. The lowest BCUT2D eigenvalue weighted by Crippen LogP contribution is -2.75. The Morgan fingerprint density at radius 1 is 0.977 bits per heavy atom. The highest BCUT2D eigenvalue weighted by Crippen LogP contribution is 2.68. The van der Waals surface area contributed by atoms with E-state index in [1.54, 1.807) is 24.3 Å². The summed E-state index contributed by atoms with van der Waals surface area (Å²) in [6.45, 7) is 20.9. The number of allylic oxidation sites excluding steroid dienone is 6. The van der Waals surface area contributed by atoms with Gasteiger partial charge in [0.15, 0.2) is 17.3 Å². The molecule has 2 saturated carbocycles. The molecular formula is C39H56O4. The summed E-state index contributed by atoms with van der Waals surface area (Å²) < 4.78 is 0. The highest BCUT2D eigenvalue weighted by molar-refractivity contribution is 6.23. The van der Waals surface area contributed by atoms with Crippen LogP contribution in [0.4, 0.5) is 0 Å². The molecule has 0 aromatic heterocycles. The summed E-state index contributed by atoms with van der Waals surface area (Å²) in [4.78, 5) is 44.4. The Hall–Kier alpha value is -2.59. The van der Waals surface area contributed by atoms with E-state index in [1.165, 1.54) is 11.1 Å². The van der Waals surface area contributed by atoms with Crippen LogP contribution in [-0.4, -0.2) is 28.6 Å². The number of hydrogen-bond acceptors (Lipinski definition) is 4. The van der Waals surface area contributed by atoms with E-state index < -0.39 is 28.3 Å². The summed E-state index contributed by atoms with van der Waals surface area (Å²) in [6.07, 6.45) is 8.28. The second-order valence-electron chi connectivity index (χ2n) is 14.9. The molecular weight excluding hydrogens is 532 g/mol. The molecule has 2 bridgehead atoms. The summed E-state index contributed by atoms with van der Waals surface area (Å²) in [7, 11) is 0. The first-order valence-electron chi connectivity index (χ1n) is 16.3. The molecule has 0 amide bonds. The van der Waals surface area contributed by atoms with Crippen LogP contribution in [0.5, 0.6) is 0 Å². The molecule has 0 radical (unpaired) electrons. The van der Waals surface area contributed by atoms with Crippen molar-refractivity contribution in [3.8, 4) is 0 Å². The lowest BCUT2D eigenvalue weighted by molar-refractivity contribution is -0.212. The first-order chi connectivity index (χ1) is 20.1. The van der Waals surface area contributed by atoms with Crippen molar-refractivity contribution in [1.29, 1.82) is 0 Å². The van der Waals surface area contributed by atoms with Gasteiger partial charge in [-0.2, -0.15) is 0 Å². The molecule has 0 spiro atoms. The minimum absolute atomic E-state index is 0.126. The molecule has 4 nitrogen and oxygen atoms in total. The van der Waals surface area contributed by atoms with Gasteiger partial charge in [0.2, 0.25) is 0 Å². The average Bonchev–Trinajstić information content (AvgIpc) is 2.95. The van der Waals surface area contributed by atoms with Crippen molar-refractivity contribution in [3.05, 3.63) is 70.8 Å². The Kier molecular flexibility index (Phi) is 11.0. The lowest BCUT2D eigenvalue weighted by Gasteiger charge is -2.65. The van der Waals surface area contributed by atoms with Crippen LogP contribution in [0.25, 0.3) is 0 Å². The molecule has 0 saturated heterocycles. The molecule has 1 N–H and O–H groups in total. The zero-order chi connectivity index (χ0) is 32.3. The number of aliphatic hydroxyl groups excluding tert-OH is 1. The average molecular weight is 589 g/mol. The molecule has 236 valence electrons. The Morgan fingerprint density at radius 3 is 2.12 bits per heavy atom. The van der Waals surface area contributed by atoms with Crippen molar-refractivity contribution in [1.82, 2.24) is 0 Å². The normalized spacial score (nSPS) is 29.3. The van der Waals surface area contributed by atoms with Gasteiger partial charge in [0, 0.05) is 5.56 Å². The van der Waals surface area contributed by atoms with Crippen molar-refractivity contribution in [3.63, 3.8) is 0 Å². The standard InChI is InChI=1S/C39H56O4/c1-11-28(8)30(19-17-25(2)3)23-31-24-38(33(40)29-15-13-12-14-16-29)34(41)32(20-18-26(4)5)35(42)39(36(38)43,37(31,9)10)22-21-27(6)7/h11-18,27,30-32,36,43H,19-24H2,1-10H3/b28-11-. The van der Waals surface area contributed by atoms with E-state index in [1.807, 2.05) is 26.0 Å². The summed E-state index contributed by atoms with van der Waals surface area (Å²) >= 11 is 0. The fraction of sp³-hybridized carbons (Fsp3) is 0.615. The summed E-state index contributed by atoms with van der Waals surface area (Å²) in [6, 6.07) is 8.94. The van der Waals surface area contributed by atoms with Crippen LogP contribution in [0.1, 0.15) is 118 Å². The monoisotopic (exact) mass is 588 g/mol. The van der Waals surface area contributed by atoms with Crippen molar-refractivity contribution in [2.24, 2.45) is 39.9 Å². The molecule has 43 heavy (non-hydrogen) atoms. The van der Waals surface area contributed by atoms with Crippen LogP contribution < -0.4 is 0 Å². The molecule has 2 aliphatic rings. The van der Waals surface area contributed by atoms with E-state index in [4.69, 9.17) is 0 Å². The maximum Gasteiger partial charge on any atom is 0.179 e. The fourth-order valence-electron chi connectivity index (χ4n) is 7.97. The Labute approximate surface area is 261 Å². The number of benzene rings is 1. The first kappa shape index (κ1) is 34.9. The van der Waals surface area contributed by atoms with Crippen LogP contribution in [0.2, 0.25) is 0 Å². The van der Waals surface area contributed by atoms with Crippen LogP contribution in [0, 0.1) is 39.9 Å². The molecule has 6 unspecified atom stereocenters. The van der Waals surface area contributed by atoms with Gasteiger partial charge in [0.1, 0.15) is 5.41 Å². The van der Waals surface area contributed by atoms with Gasteiger partial charge in [-0.25, -0.2) is 0 Å². The summed E-state index contributed by atoms with van der Waals surface area (Å²) in [5, 5.41) is 12.6. The molecule has 1 aromatic rings. The van der Waals surface area contributed by atoms with E-state index in [9.17, 15) is 19.5 Å². The zero-order valence-corrected chi connectivity index (χ0v) is 28.4. The van der Waals surface area contributed by atoms with E-state index in [-0.39, 0.29) is 42.0 Å². The lowest BCUT2D eigenvalue weighted by atomic mass is 9.36. The predicted molar refractivity (Wildman–Crippen MR) is 177 cm³/mol. The van der Waals surface area contributed by atoms with Gasteiger partial charge in [-0.15, -0.1) is 0 Å². The third-order valence-electron chi connectivity index (χ3n) is 11.0. The second-order valence-corrected chi connectivity index (χ2v) is 14.9. The number of aliphatic hydroxyl groups is 1. The summed E-state index contributed by atoms with van der Waals surface area (Å²) in [5.74, 6) is -1.46. The number of rotatable bonds is 12. The number of ketones is 3. The molecule has 2 fully saturated rings. The smallest absolute Gasteiger partial charge is 0.179 e. The number of fused-ring (bicyclic) bond motifs is 2. The van der Waals surface area contributed by atoms with E-state index in [2.05, 4.69) is 67.5 Å². The fourth-order valence-corrected chi connectivity index (χ4v) is 7.97. The van der Waals surface area contributed by atoms with Crippen molar-refractivity contribution in [2.45, 2.75) is 114 Å². The third-order valence-corrected chi connectivity index (χ3v) is 11.0. The number of carbonyl (C=O) groups excluding carboxylic acids is 3. The molecule has 0 heterocycles. The van der Waals surface area contributed by atoms with Crippen LogP contribution >= 0.6 is 0 Å². The maximum absolute atomic E-state index is 14.9. The number of hydrogen-bond donors (Lipinski definition) is 1. The van der Waals surface area contributed by atoms with Crippen molar-refractivity contribution in [2.75, 3.05) is 0 Å². The van der Waals surface area contributed by atoms with Gasteiger partial charge in [-0.1, -0.05) is 93.0 Å². The quantitative estimate of drug-likeness (QED) is 0.150. The molecule has 0 aliphatic heterocycles. The predicted octanol–water partition coefficient (Wildman–Crippen LogP) is 9.14. The molecule has 1 aromatic carbocycles. The minimum atomic E-state index is -1.67. The van der Waals surface area contributed by atoms with E-state index in [0.29, 0.717) is 17.9 Å². The largest absolute Gasteiger partial charge is 0.391 e. The Morgan fingerprint density at radius 2 is 1.58 bits per heavy atom. The zero-order valence-electron chi connectivity index (χ0n) is 28.4. The SMILES string of the molecule is C/C=C(/C)C(CC=C(C)C)CC1CC2(C(=O)c3ccccc3)C(=O)C(CC=C(C)C)C(=O)C(CCC(C)C)(C2O)C1(C)C. The van der Waals surface area contributed by atoms with Crippen molar-refractivity contribution < 1.29 is 19.5 Å². The molecule has 6 atom stereocenters. The second kappa shape index (κ2) is 13.6. The van der Waals surface area contributed by atoms with Gasteiger partial charge in [0.05, 0.1) is 17.4 Å². The van der Waals surface area contributed by atoms with Crippen LogP contribution in [0.15, 0.2) is 65.3 Å². The Bertz CT molecular complexity index is 1270. The summed E-state index contributed by atoms with van der Waals surface area (Å²) in [5.41, 5.74) is 0.440. The van der Waals surface area contributed by atoms with Gasteiger partial charge >= 0.3 is 0 Å².